The van der Waals surface area contributed by atoms with Crippen molar-refractivity contribution < 1.29 is 9.90 Å². The summed E-state index contributed by atoms with van der Waals surface area (Å²) in [6.07, 6.45) is 2.79. The van der Waals surface area contributed by atoms with Gasteiger partial charge < -0.3 is 10.4 Å². The summed E-state index contributed by atoms with van der Waals surface area (Å²) in [4.78, 5) is 12.5. The van der Waals surface area contributed by atoms with Crippen LogP contribution in [0.4, 0.5) is 0 Å². The van der Waals surface area contributed by atoms with Crippen LogP contribution in [0.25, 0.3) is 0 Å². The maximum Gasteiger partial charge on any atom is 0.273 e. The molecule has 4 rings (SSSR count). The van der Waals surface area contributed by atoms with E-state index in [9.17, 15) is 9.90 Å². The predicted molar refractivity (Wildman–Crippen MR) is 94.3 cm³/mol. The number of aromatic nitrogens is 3. The highest BCUT2D eigenvalue weighted by molar-refractivity contribution is 7.07. The number of fused-ring (bicyclic) bond motifs is 1. The number of amides is 1. The highest BCUT2D eigenvalue weighted by Crippen LogP contribution is 2.30. The molecule has 3 aromatic rings. The van der Waals surface area contributed by atoms with Crippen molar-refractivity contribution in [2.45, 2.75) is 31.5 Å². The Morgan fingerprint density at radius 3 is 3.12 bits per heavy atom. The van der Waals surface area contributed by atoms with Crippen molar-refractivity contribution in [3.05, 3.63) is 69.7 Å². The number of aliphatic hydroxyl groups is 1. The Kier molecular flexibility index (Phi) is 4.33. The second-order valence-electron chi connectivity index (χ2n) is 6.16. The molecule has 0 saturated heterocycles. The summed E-state index contributed by atoms with van der Waals surface area (Å²) in [5, 5.41) is 24.9. The molecule has 0 saturated carbocycles. The summed E-state index contributed by atoms with van der Waals surface area (Å²) >= 11 is 1.53. The zero-order valence-electron chi connectivity index (χ0n) is 13.5. The minimum atomic E-state index is -0.662. The Labute approximate surface area is 149 Å². The van der Waals surface area contributed by atoms with Gasteiger partial charge in [0.1, 0.15) is 0 Å². The minimum Gasteiger partial charge on any atom is -0.386 e. The van der Waals surface area contributed by atoms with E-state index in [2.05, 4.69) is 27.8 Å². The molecule has 1 aliphatic rings. The fourth-order valence-corrected chi connectivity index (χ4v) is 3.89. The van der Waals surface area contributed by atoms with Crippen LogP contribution in [0.15, 0.2) is 47.3 Å². The number of hydrogen-bond acceptors (Lipinski definition) is 5. The van der Waals surface area contributed by atoms with Crippen molar-refractivity contribution in [3.8, 4) is 0 Å². The number of nitrogens with one attached hydrogen (secondary N) is 1. The van der Waals surface area contributed by atoms with Gasteiger partial charge >= 0.3 is 0 Å². The van der Waals surface area contributed by atoms with Gasteiger partial charge in [-0.25, -0.2) is 4.68 Å². The Bertz CT molecular complexity index is 875. The molecule has 2 atom stereocenters. The summed E-state index contributed by atoms with van der Waals surface area (Å²) in [5.74, 6) is -0.238. The van der Waals surface area contributed by atoms with Gasteiger partial charge in [-0.1, -0.05) is 29.5 Å². The average Bonchev–Trinajstić information content (AvgIpc) is 3.36. The molecule has 0 radical (unpaired) electrons. The van der Waals surface area contributed by atoms with Gasteiger partial charge in [0.2, 0.25) is 0 Å². The lowest BCUT2D eigenvalue weighted by molar-refractivity contribution is 0.0931. The number of rotatable bonds is 5. The first-order valence-corrected chi connectivity index (χ1v) is 9.14. The van der Waals surface area contributed by atoms with E-state index in [1.807, 2.05) is 29.0 Å². The smallest absolute Gasteiger partial charge is 0.273 e. The van der Waals surface area contributed by atoms with Gasteiger partial charge in [-0.15, -0.1) is 5.10 Å². The van der Waals surface area contributed by atoms with Gasteiger partial charge in [0.15, 0.2) is 5.69 Å². The average molecular weight is 354 g/mol. The molecule has 7 heteroatoms. The first kappa shape index (κ1) is 16.0. The molecule has 2 aromatic heterocycles. The molecule has 0 unspecified atom stereocenters. The van der Waals surface area contributed by atoms with Gasteiger partial charge in [0, 0.05) is 0 Å². The minimum absolute atomic E-state index is 0.0187. The summed E-state index contributed by atoms with van der Waals surface area (Å²) in [6.45, 7) is 0.267. The SMILES string of the molecule is O=C(N[C@H]1CCc2ccccc21)c1cn(C[C@H](O)c2ccsc2)nn1. The number of benzene rings is 1. The molecule has 1 aliphatic carbocycles. The van der Waals surface area contributed by atoms with Crippen LogP contribution in [0.2, 0.25) is 0 Å². The van der Waals surface area contributed by atoms with Crippen LogP contribution in [0.1, 0.15) is 45.7 Å². The highest BCUT2D eigenvalue weighted by Gasteiger charge is 2.25. The molecule has 0 bridgehead atoms. The molecule has 1 amide bonds. The topological polar surface area (TPSA) is 80.0 Å². The summed E-state index contributed by atoms with van der Waals surface area (Å²) in [7, 11) is 0. The molecule has 0 aliphatic heterocycles. The maximum atomic E-state index is 12.5. The fourth-order valence-electron chi connectivity index (χ4n) is 3.18. The third-order valence-electron chi connectivity index (χ3n) is 4.50. The standard InChI is InChI=1S/C18H18N4O2S/c23-17(13-7-8-25-11-13)10-22-9-16(20-21-22)18(24)19-15-6-5-12-3-1-2-4-14(12)15/h1-4,7-9,11,15,17,23H,5-6,10H2,(H,19,24)/t15-,17-/m0/s1. The number of carbonyl (C=O) groups excluding carboxylic acids is 1. The normalized spacial score (nSPS) is 17.2. The maximum absolute atomic E-state index is 12.5. The quantitative estimate of drug-likeness (QED) is 0.738. The zero-order chi connectivity index (χ0) is 17.2. The second kappa shape index (κ2) is 6.78. The third kappa shape index (κ3) is 3.33. The first-order chi connectivity index (χ1) is 12.2. The summed E-state index contributed by atoms with van der Waals surface area (Å²) in [5.41, 5.74) is 3.57. The molecule has 6 nitrogen and oxygen atoms in total. The Balaban J connectivity index is 1.41. The van der Waals surface area contributed by atoms with Crippen molar-refractivity contribution in [1.29, 1.82) is 0 Å². The van der Waals surface area contributed by atoms with Crippen LogP contribution in [0.5, 0.6) is 0 Å². The van der Waals surface area contributed by atoms with Crippen molar-refractivity contribution in [3.63, 3.8) is 0 Å². The van der Waals surface area contributed by atoms with E-state index in [0.29, 0.717) is 0 Å². The van der Waals surface area contributed by atoms with Crippen LogP contribution in [-0.4, -0.2) is 26.0 Å². The second-order valence-corrected chi connectivity index (χ2v) is 6.94. The largest absolute Gasteiger partial charge is 0.386 e. The van der Waals surface area contributed by atoms with E-state index >= 15 is 0 Å². The fraction of sp³-hybridized carbons (Fsp3) is 0.278. The van der Waals surface area contributed by atoms with Crippen molar-refractivity contribution in [1.82, 2.24) is 20.3 Å². The van der Waals surface area contributed by atoms with Crippen molar-refractivity contribution in [2.75, 3.05) is 0 Å². The van der Waals surface area contributed by atoms with E-state index in [0.717, 1.165) is 18.4 Å². The highest BCUT2D eigenvalue weighted by atomic mass is 32.1. The van der Waals surface area contributed by atoms with E-state index < -0.39 is 6.10 Å². The number of aryl methyl sites for hydroxylation is 1. The molecule has 1 aromatic carbocycles. The molecule has 2 heterocycles. The zero-order valence-corrected chi connectivity index (χ0v) is 14.3. The van der Waals surface area contributed by atoms with Crippen molar-refractivity contribution in [2.24, 2.45) is 0 Å². The Morgan fingerprint density at radius 2 is 2.28 bits per heavy atom. The van der Waals surface area contributed by atoms with Crippen LogP contribution in [0.3, 0.4) is 0 Å². The first-order valence-electron chi connectivity index (χ1n) is 8.19. The third-order valence-corrected chi connectivity index (χ3v) is 5.20. The molecule has 25 heavy (non-hydrogen) atoms. The van der Waals surface area contributed by atoms with E-state index in [4.69, 9.17) is 0 Å². The predicted octanol–water partition coefficient (Wildman–Crippen LogP) is 2.49. The lowest BCUT2D eigenvalue weighted by atomic mass is 10.1. The summed E-state index contributed by atoms with van der Waals surface area (Å²) in [6, 6.07) is 10.1. The van der Waals surface area contributed by atoms with Gasteiger partial charge in [-0.3, -0.25) is 4.79 Å². The number of nitrogens with zero attached hydrogens (tertiary/aromatic N) is 3. The van der Waals surface area contributed by atoms with Gasteiger partial charge in [-0.05, 0) is 46.4 Å². The van der Waals surface area contributed by atoms with Crippen LogP contribution in [0, 0.1) is 0 Å². The van der Waals surface area contributed by atoms with Gasteiger partial charge in [-0.2, -0.15) is 11.3 Å². The molecule has 0 spiro atoms. The lowest BCUT2D eigenvalue weighted by Crippen LogP contribution is -2.27. The Morgan fingerprint density at radius 1 is 1.40 bits per heavy atom. The molecular weight excluding hydrogens is 336 g/mol. The van der Waals surface area contributed by atoms with Crippen LogP contribution < -0.4 is 5.32 Å². The van der Waals surface area contributed by atoms with Crippen LogP contribution >= 0.6 is 11.3 Å². The summed E-state index contributed by atoms with van der Waals surface area (Å²) < 4.78 is 1.50. The molecule has 128 valence electrons. The van der Waals surface area contributed by atoms with Crippen LogP contribution in [-0.2, 0) is 13.0 Å². The van der Waals surface area contributed by atoms with Gasteiger partial charge in [0.25, 0.3) is 5.91 Å². The Hall–Kier alpha value is -2.51. The van der Waals surface area contributed by atoms with E-state index in [1.54, 1.807) is 6.20 Å². The number of aliphatic hydroxyl groups excluding tert-OH is 1. The molecular formula is C18H18N4O2S. The number of hydrogen-bond donors (Lipinski definition) is 2. The number of thiophene rings is 1. The lowest BCUT2D eigenvalue weighted by Gasteiger charge is -2.12. The van der Waals surface area contributed by atoms with E-state index in [1.165, 1.54) is 27.1 Å². The van der Waals surface area contributed by atoms with Gasteiger partial charge in [0.05, 0.1) is 24.9 Å². The molecule has 2 N–H and O–H groups in total. The van der Waals surface area contributed by atoms with E-state index in [-0.39, 0.29) is 24.2 Å². The number of carbonyl (C=O) groups is 1. The monoisotopic (exact) mass is 354 g/mol. The van der Waals surface area contributed by atoms with Crippen molar-refractivity contribution >= 4 is 17.2 Å². The molecule has 0 fully saturated rings.